The second kappa shape index (κ2) is 48.4. The first-order valence-corrected chi connectivity index (χ1v) is 29.1. The number of rotatable bonds is 52. The Morgan fingerprint density at radius 1 is 0.484 bits per heavy atom. The van der Waals surface area contributed by atoms with Gasteiger partial charge < -0.3 is 18.9 Å². The highest BCUT2D eigenvalue weighted by Crippen LogP contribution is 2.43. The average Bonchev–Trinajstić information content (AvgIpc) is 3.25. The zero-order valence-electron chi connectivity index (χ0n) is 43.3. The van der Waals surface area contributed by atoms with Crippen molar-refractivity contribution in [2.75, 3.05) is 54.1 Å². The molecule has 0 aliphatic heterocycles. The lowest BCUT2D eigenvalue weighted by Gasteiger charge is -2.24. The van der Waals surface area contributed by atoms with Crippen molar-refractivity contribution in [3.05, 3.63) is 24.3 Å². The van der Waals surface area contributed by atoms with Crippen LogP contribution in [0.3, 0.4) is 0 Å². The molecule has 0 saturated carbocycles. The van der Waals surface area contributed by atoms with Gasteiger partial charge in [-0.15, -0.1) is 0 Å². The van der Waals surface area contributed by atoms with E-state index >= 15 is 0 Å². The van der Waals surface area contributed by atoms with Crippen LogP contribution in [0.4, 0.5) is 0 Å². The Balaban J connectivity index is 4.06. The van der Waals surface area contributed by atoms with E-state index in [1.165, 1.54) is 205 Å². The van der Waals surface area contributed by atoms with Crippen LogP contribution in [0.15, 0.2) is 24.3 Å². The molecule has 0 aromatic heterocycles. The number of hydrogen-bond acceptors (Lipinski definition) is 6. The van der Waals surface area contributed by atoms with Crippen LogP contribution in [0, 0.1) is 0 Å². The Labute approximate surface area is 398 Å². The van der Waals surface area contributed by atoms with E-state index in [0.717, 1.165) is 38.5 Å². The molecule has 0 radical (unpaired) electrons. The van der Waals surface area contributed by atoms with Gasteiger partial charge in [-0.25, -0.2) is 4.57 Å². The topological polar surface area (TPSA) is 91.3 Å². The average molecular weight is 927 g/mol. The van der Waals surface area contributed by atoms with Crippen LogP contribution >= 0.6 is 7.82 Å². The van der Waals surface area contributed by atoms with Crippen LogP contribution < -0.4 is 0 Å². The molecule has 0 fully saturated rings. The SMILES string of the molecule is CCCCCCC/C=C\C/C=C\CCCCCCCCCCCCCCOCC(COP(=O)(O)OCC[N+](C)(C)C)OC(=O)CCCCCCCCCCCCCCCCCCCC. The number of quaternary nitrogens is 1. The highest BCUT2D eigenvalue weighted by Gasteiger charge is 2.26. The molecular formula is C55H109NO7P+. The van der Waals surface area contributed by atoms with Crippen LogP contribution in [0.25, 0.3) is 0 Å². The van der Waals surface area contributed by atoms with Crippen molar-refractivity contribution < 1.29 is 37.3 Å². The lowest BCUT2D eigenvalue weighted by atomic mass is 10.0. The Hall–Kier alpha value is -1.02. The summed E-state index contributed by atoms with van der Waals surface area (Å²) in [6.45, 7) is 5.67. The van der Waals surface area contributed by atoms with Crippen molar-refractivity contribution in [1.29, 1.82) is 0 Å². The lowest BCUT2D eigenvalue weighted by Crippen LogP contribution is -2.37. The third-order valence-electron chi connectivity index (χ3n) is 12.3. The molecule has 0 bridgehead atoms. The minimum absolute atomic E-state index is 0.0912. The number of carbonyl (C=O) groups is 1. The summed E-state index contributed by atoms with van der Waals surface area (Å²) in [4.78, 5) is 23.0. The molecule has 2 atom stereocenters. The van der Waals surface area contributed by atoms with Crippen molar-refractivity contribution in [3.8, 4) is 0 Å². The summed E-state index contributed by atoms with van der Waals surface area (Å²) < 4.78 is 35.2. The Morgan fingerprint density at radius 3 is 1.27 bits per heavy atom. The van der Waals surface area contributed by atoms with E-state index in [9.17, 15) is 14.3 Å². The van der Waals surface area contributed by atoms with Gasteiger partial charge in [0.2, 0.25) is 0 Å². The second-order valence-corrected chi connectivity index (χ2v) is 21.4. The fourth-order valence-corrected chi connectivity index (χ4v) is 8.74. The van der Waals surface area contributed by atoms with Gasteiger partial charge in [-0.1, -0.05) is 237 Å². The lowest BCUT2D eigenvalue weighted by molar-refractivity contribution is -0.870. The first-order chi connectivity index (χ1) is 31.1. The summed E-state index contributed by atoms with van der Waals surface area (Å²) in [5.41, 5.74) is 0. The van der Waals surface area contributed by atoms with Gasteiger partial charge in [0.15, 0.2) is 0 Å². The highest BCUT2D eigenvalue weighted by molar-refractivity contribution is 7.47. The largest absolute Gasteiger partial charge is 0.472 e. The van der Waals surface area contributed by atoms with Gasteiger partial charge in [0.05, 0.1) is 34.4 Å². The predicted octanol–water partition coefficient (Wildman–Crippen LogP) is 17.1. The molecule has 0 spiro atoms. The summed E-state index contributed by atoms with van der Waals surface area (Å²) in [6, 6.07) is 0. The van der Waals surface area contributed by atoms with Gasteiger partial charge in [-0.05, 0) is 44.9 Å². The maximum Gasteiger partial charge on any atom is 0.472 e. The molecule has 0 heterocycles. The molecular weight excluding hydrogens is 818 g/mol. The highest BCUT2D eigenvalue weighted by atomic mass is 31.2. The van der Waals surface area contributed by atoms with Gasteiger partial charge in [-0.3, -0.25) is 13.8 Å². The predicted molar refractivity (Wildman–Crippen MR) is 275 cm³/mol. The number of hydrogen-bond donors (Lipinski definition) is 1. The number of phosphoric acid groups is 1. The number of likely N-dealkylation sites (N-methyl/N-ethyl adjacent to an activating group) is 1. The van der Waals surface area contributed by atoms with Crippen LogP contribution in [-0.4, -0.2) is 75.6 Å². The minimum atomic E-state index is -4.28. The van der Waals surface area contributed by atoms with Gasteiger partial charge >= 0.3 is 13.8 Å². The molecule has 0 aromatic carbocycles. The van der Waals surface area contributed by atoms with Gasteiger partial charge in [0.25, 0.3) is 0 Å². The van der Waals surface area contributed by atoms with Gasteiger partial charge in [-0.2, -0.15) is 0 Å². The van der Waals surface area contributed by atoms with Crippen molar-refractivity contribution in [3.63, 3.8) is 0 Å². The molecule has 8 nitrogen and oxygen atoms in total. The zero-order valence-corrected chi connectivity index (χ0v) is 44.2. The fourth-order valence-electron chi connectivity index (χ4n) is 8.00. The molecule has 0 rings (SSSR count). The summed E-state index contributed by atoms with van der Waals surface area (Å²) in [5.74, 6) is -0.308. The maximum absolute atomic E-state index is 12.8. The van der Waals surface area contributed by atoms with Crippen molar-refractivity contribution in [1.82, 2.24) is 0 Å². The molecule has 1 N–H and O–H groups in total. The number of esters is 1. The van der Waals surface area contributed by atoms with E-state index in [2.05, 4.69) is 38.2 Å². The molecule has 0 amide bonds. The fraction of sp³-hybridized carbons (Fsp3) is 0.909. The van der Waals surface area contributed by atoms with Gasteiger partial charge in [0, 0.05) is 13.0 Å². The number of nitrogens with zero attached hydrogens (tertiary/aromatic N) is 1. The van der Waals surface area contributed by atoms with Crippen LogP contribution in [0.1, 0.15) is 264 Å². The monoisotopic (exact) mass is 927 g/mol. The molecule has 380 valence electrons. The quantitative estimate of drug-likeness (QED) is 0.0214. The van der Waals surface area contributed by atoms with Crippen LogP contribution in [0.5, 0.6) is 0 Å². The summed E-state index contributed by atoms with van der Waals surface area (Å²) >= 11 is 0. The molecule has 2 unspecified atom stereocenters. The van der Waals surface area contributed by atoms with E-state index in [0.29, 0.717) is 24.1 Å². The number of carbonyl (C=O) groups excluding carboxylic acids is 1. The van der Waals surface area contributed by atoms with Gasteiger partial charge in [0.1, 0.15) is 19.3 Å². The Morgan fingerprint density at radius 2 is 0.859 bits per heavy atom. The summed E-state index contributed by atoms with van der Waals surface area (Å²) in [5, 5.41) is 0. The first kappa shape index (κ1) is 63.0. The second-order valence-electron chi connectivity index (χ2n) is 20.0. The molecule has 0 saturated heterocycles. The molecule has 64 heavy (non-hydrogen) atoms. The molecule has 0 aliphatic rings. The third-order valence-corrected chi connectivity index (χ3v) is 13.2. The Bertz CT molecular complexity index is 1080. The molecule has 9 heteroatoms. The standard InChI is InChI=1S/C55H108NO7P/c1-6-8-10-12-14-16-18-20-22-24-26-27-28-29-30-31-33-35-37-39-41-43-45-47-50-60-52-54(53-62-64(58,59)61-51-49-56(3,4)5)63-55(57)48-46-44-42-40-38-36-34-32-25-23-21-19-17-15-13-11-9-7-2/h18,20,24,26,54H,6-17,19,21-23,25,27-53H2,1-5H3/p+1/b20-18-,26-24-. The van der Waals surface area contributed by atoms with E-state index in [-0.39, 0.29) is 25.8 Å². The summed E-state index contributed by atoms with van der Waals surface area (Å²) in [6.07, 6.45) is 58.0. The molecule has 0 aliphatic carbocycles. The van der Waals surface area contributed by atoms with Crippen LogP contribution in [0.2, 0.25) is 0 Å². The van der Waals surface area contributed by atoms with E-state index < -0.39 is 13.9 Å². The Kier molecular flexibility index (Phi) is 47.7. The maximum atomic E-state index is 12.8. The first-order valence-electron chi connectivity index (χ1n) is 27.6. The van der Waals surface area contributed by atoms with E-state index in [4.69, 9.17) is 18.5 Å². The summed E-state index contributed by atoms with van der Waals surface area (Å²) in [7, 11) is 1.68. The zero-order chi connectivity index (χ0) is 46.9. The number of allylic oxidation sites excluding steroid dienone is 4. The minimum Gasteiger partial charge on any atom is -0.457 e. The normalized spacial score (nSPS) is 13.7. The smallest absolute Gasteiger partial charge is 0.457 e. The van der Waals surface area contributed by atoms with E-state index in [1.807, 2.05) is 21.1 Å². The van der Waals surface area contributed by atoms with Crippen LogP contribution in [-0.2, 0) is 27.9 Å². The molecule has 0 aromatic rings. The van der Waals surface area contributed by atoms with Crippen molar-refractivity contribution in [2.24, 2.45) is 0 Å². The number of ether oxygens (including phenoxy) is 2. The van der Waals surface area contributed by atoms with Crippen molar-refractivity contribution >= 4 is 13.8 Å². The number of unbranched alkanes of at least 4 members (excludes halogenated alkanes) is 34. The third kappa shape index (κ3) is 52.0. The van der Waals surface area contributed by atoms with Crippen molar-refractivity contribution in [2.45, 2.75) is 270 Å². The number of phosphoric ester groups is 1. The van der Waals surface area contributed by atoms with E-state index in [1.54, 1.807) is 0 Å².